The van der Waals surface area contributed by atoms with Crippen LogP contribution in [0.2, 0.25) is 0 Å². The van der Waals surface area contributed by atoms with E-state index in [4.69, 9.17) is 0 Å². The van der Waals surface area contributed by atoms with Gasteiger partial charge >= 0.3 is 0 Å². The van der Waals surface area contributed by atoms with Gasteiger partial charge in [0.15, 0.2) is 0 Å². The normalized spacial score (nSPS) is 14.2. The molecule has 0 aromatic rings. The van der Waals surface area contributed by atoms with Gasteiger partial charge in [-0.1, -0.05) is 6.08 Å². The highest BCUT2D eigenvalue weighted by Gasteiger charge is 1.90. The monoisotopic (exact) mass is 150 g/mol. The van der Waals surface area contributed by atoms with Crippen molar-refractivity contribution in [3.05, 3.63) is 23.8 Å². The first-order valence-electron chi connectivity index (χ1n) is 2.58. The van der Waals surface area contributed by atoms with Crippen LogP contribution < -0.4 is 0 Å². The van der Waals surface area contributed by atoms with E-state index in [1.807, 2.05) is 0 Å². The van der Waals surface area contributed by atoms with Gasteiger partial charge in [0, 0.05) is 12.2 Å². The molecule has 0 N–H and O–H groups in total. The van der Waals surface area contributed by atoms with Gasteiger partial charge in [0.1, 0.15) is 11.7 Å². The smallest absolute Gasteiger partial charge is 0.121 e. The molecule has 0 nitrogen and oxygen atoms in total. The third-order valence-corrected chi connectivity index (χ3v) is 1.16. The first-order chi connectivity index (χ1) is 4.20. The van der Waals surface area contributed by atoms with Crippen LogP contribution in [0.3, 0.4) is 0 Å². The Morgan fingerprint density at radius 1 is 1.56 bits per heavy atom. The average Bonchev–Trinajstić information content (AvgIpc) is 1.87. The topological polar surface area (TPSA) is 0 Å². The van der Waals surface area contributed by atoms with Crippen LogP contribution in [0.5, 0.6) is 0 Å². The van der Waals surface area contributed by atoms with Gasteiger partial charge in [-0.2, -0.15) is 0 Å². The molecule has 0 amide bonds. The van der Waals surface area contributed by atoms with Gasteiger partial charge in [0.05, 0.1) is 0 Å². The van der Waals surface area contributed by atoms with Crippen molar-refractivity contribution in [2.24, 2.45) is 0 Å². The Hall–Kier alpha value is -0.230. The van der Waals surface area contributed by atoms with E-state index < -0.39 is 11.7 Å². The Morgan fingerprint density at radius 2 is 2.11 bits per heavy atom. The molecular formula is C6H9F2P. The molecule has 0 aliphatic carbocycles. The van der Waals surface area contributed by atoms with E-state index in [1.165, 1.54) is 13.0 Å². The number of halogens is 2. The van der Waals surface area contributed by atoms with Crippen LogP contribution >= 0.6 is 9.24 Å². The standard InChI is InChI=1S/C6H9F2P/c1-2-5(7)3-6(8)4-9/h2-3H,4,9H2,1H3/b5-2+,6-3+. The van der Waals surface area contributed by atoms with Gasteiger partial charge in [-0.05, 0) is 6.92 Å². The fraction of sp³-hybridized carbons (Fsp3) is 0.333. The fourth-order valence-electron chi connectivity index (χ4n) is 0.292. The maximum atomic E-state index is 12.1. The number of hydrogen-bond acceptors (Lipinski definition) is 0. The molecule has 0 aliphatic heterocycles. The van der Waals surface area contributed by atoms with Crippen molar-refractivity contribution in [1.82, 2.24) is 0 Å². The Balaban J connectivity index is 3.95. The summed E-state index contributed by atoms with van der Waals surface area (Å²) in [6.07, 6.45) is 2.24. The largest absolute Gasteiger partial charge is 0.211 e. The molecule has 9 heavy (non-hydrogen) atoms. The minimum absolute atomic E-state index is 0.168. The van der Waals surface area contributed by atoms with Crippen LogP contribution in [-0.2, 0) is 0 Å². The summed E-state index contributed by atoms with van der Waals surface area (Å²) in [5.74, 6) is -0.995. The predicted molar refractivity (Wildman–Crippen MR) is 38.6 cm³/mol. The molecule has 0 heterocycles. The van der Waals surface area contributed by atoms with E-state index >= 15 is 0 Å². The quantitative estimate of drug-likeness (QED) is 0.419. The van der Waals surface area contributed by atoms with Gasteiger partial charge < -0.3 is 0 Å². The van der Waals surface area contributed by atoms with Crippen molar-refractivity contribution in [2.75, 3.05) is 6.16 Å². The molecule has 0 saturated carbocycles. The SMILES string of the molecule is C/C=C(F)\C=C(\F)CP. The highest BCUT2D eigenvalue weighted by molar-refractivity contribution is 7.16. The van der Waals surface area contributed by atoms with Crippen LogP contribution in [-0.4, -0.2) is 6.16 Å². The molecule has 0 spiro atoms. The molecule has 0 bridgehead atoms. The van der Waals surface area contributed by atoms with Crippen LogP contribution in [0, 0.1) is 0 Å². The molecule has 0 rings (SSSR count). The second-order valence-corrected chi connectivity index (χ2v) is 1.88. The van der Waals surface area contributed by atoms with E-state index in [0.29, 0.717) is 0 Å². The summed E-state index contributed by atoms with van der Waals surface area (Å²) >= 11 is 0. The first-order valence-corrected chi connectivity index (χ1v) is 3.40. The van der Waals surface area contributed by atoms with Gasteiger partial charge in [0.2, 0.25) is 0 Å². The summed E-state index contributed by atoms with van der Waals surface area (Å²) < 4.78 is 24.2. The predicted octanol–water partition coefficient (Wildman–Crippen LogP) is 2.59. The lowest BCUT2D eigenvalue weighted by molar-refractivity contribution is 0.616. The first kappa shape index (κ1) is 8.77. The van der Waals surface area contributed by atoms with E-state index in [0.717, 1.165) is 6.08 Å². The zero-order chi connectivity index (χ0) is 7.28. The molecule has 0 aromatic heterocycles. The summed E-state index contributed by atoms with van der Waals surface area (Å²) in [6.45, 7) is 1.52. The van der Waals surface area contributed by atoms with Crippen LogP contribution in [0.1, 0.15) is 6.92 Å². The van der Waals surface area contributed by atoms with Gasteiger partial charge in [-0.15, -0.1) is 9.24 Å². The molecule has 0 saturated heterocycles. The fourth-order valence-corrected chi connectivity index (χ4v) is 0.410. The van der Waals surface area contributed by atoms with Crippen molar-refractivity contribution in [1.29, 1.82) is 0 Å². The summed E-state index contributed by atoms with van der Waals surface area (Å²) in [5, 5.41) is 0. The summed E-state index contributed by atoms with van der Waals surface area (Å²) in [5.41, 5.74) is 0. The Morgan fingerprint density at radius 3 is 2.44 bits per heavy atom. The molecule has 1 atom stereocenters. The molecule has 0 aromatic carbocycles. The van der Waals surface area contributed by atoms with E-state index in [-0.39, 0.29) is 6.16 Å². The molecule has 3 heteroatoms. The van der Waals surface area contributed by atoms with Gasteiger partial charge in [-0.25, -0.2) is 8.78 Å². The second kappa shape index (κ2) is 4.63. The van der Waals surface area contributed by atoms with E-state index in [2.05, 4.69) is 9.24 Å². The summed E-state index contributed by atoms with van der Waals surface area (Å²) in [7, 11) is 2.17. The van der Waals surface area contributed by atoms with Crippen LogP contribution in [0.15, 0.2) is 23.8 Å². The number of hydrogen-bond donors (Lipinski definition) is 0. The van der Waals surface area contributed by atoms with Crippen molar-refractivity contribution >= 4 is 9.24 Å². The molecular weight excluding hydrogens is 141 g/mol. The maximum absolute atomic E-state index is 12.1. The van der Waals surface area contributed by atoms with Crippen LogP contribution in [0.25, 0.3) is 0 Å². The lowest BCUT2D eigenvalue weighted by atomic mass is 10.4. The Labute approximate surface area is 55.8 Å². The molecule has 0 fully saturated rings. The molecule has 1 unspecified atom stereocenters. The number of rotatable bonds is 2. The van der Waals surface area contributed by atoms with Crippen molar-refractivity contribution in [3.8, 4) is 0 Å². The van der Waals surface area contributed by atoms with Crippen molar-refractivity contribution < 1.29 is 8.78 Å². The van der Waals surface area contributed by atoms with E-state index in [9.17, 15) is 8.78 Å². The highest BCUT2D eigenvalue weighted by atomic mass is 31.0. The Kier molecular flexibility index (Phi) is 4.51. The average molecular weight is 150 g/mol. The minimum atomic E-state index is -0.532. The number of allylic oxidation sites excluding steroid dienone is 4. The zero-order valence-corrected chi connectivity index (χ0v) is 6.35. The summed E-state index contributed by atoms with van der Waals surface area (Å²) in [6, 6.07) is 0. The van der Waals surface area contributed by atoms with Gasteiger partial charge in [0.25, 0.3) is 0 Å². The maximum Gasteiger partial charge on any atom is 0.121 e. The van der Waals surface area contributed by atoms with Crippen molar-refractivity contribution in [3.63, 3.8) is 0 Å². The second-order valence-electron chi connectivity index (χ2n) is 1.47. The molecule has 52 valence electrons. The third-order valence-electron chi connectivity index (χ3n) is 0.765. The van der Waals surface area contributed by atoms with Crippen LogP contribution in [0.4, 0.5) is 8.78 Å². The summed E-state index contributed by atoms with van der Waals surface area (Å²) in [4.78, 5) is 0. The van der Waals surface area contributed by atoms with Crippen molar-refractivity contribution in [2.45, 2.75) is 6.92 Å². The molecule has 0 aliphatic rings. The zero-order valence-electron chi connectivity index (χ0n) is 5.20. The van der Waals surface area contributed by atoms with E-state index in [1.54, 1.807) is 0 Å². The minimum Gasteiger partial charge on any atom is -0.211 e. The highest BCUT2D eigenvalue weighted by Crippen LogP contribution is 2.07. The third kappa shape index (κ3) is 4.28. The Bertz CT molecular complexity index is 138. The molecule has 0 radical (unpaired) electrons. The van der Waals surface area contributed by atoms with Gasteiger partial charge in [-0.3, -0.25) is 0 Å². The lowest BCUT2D eigenvalue weighted by Crippen LogP contribution is -1.73. The lowest BCUT2D eigenvalue weighted by Gasteiger charge is -1.86.